The van der Waals surface area contributed by atoms with Crippen LogP contribution in [0.5, 0.6) is 0 Å². The van der Waals surface area contributed by atoms with Crippen LogP contribution in [0.2, 0.25) is 0 Å². The highest BCUT2D eigenvalue weighted by Crippen LogP contribution is 2.34. The third kappa shape index (κ3) is 4.69. The molecule has 2 aromatic carbocycles. The molecule has 2 aromatic rings. The van der Waals surface area contributed by atoms with E-state index in [1.54, 1.807) is 24.3 Å². The Morgan fingerprint density at radius 1 is 1.00 bits per heavy atom. The number of carboxylic acid groups (broad SMARTS) is 1. The predicted molar refractivity (Wildman–Crippen MR) is 119 cm³/mol. The monoisotopic (exact) mass is 457 g/mol. The van der Waals surface area contributed by atoms with Crippen molar-refractivity contribution in [2.45, 2.75) is 36.7 Å². The van der Waals surface area contributed by atoms with Gasteiger partial charge in [-0.15, -0.1) is 0 Å². The molecule has 2 fully saturated rings. The van der Waals surface area contributed by atoms with E-state index in [2.05, 4.69) is 5.32 Å². The van der Waals surface area contributed by atoms with E-state index >= 15 is 0 Å². The molecule has 2 saturated heterocycles. The van der Waals surface area contributed by atoms with E-state index in [0.29, 0.717) is 19.3 Å². The van der Waals surface area contributed by atoms with Crippen molar-refractivity contribution in [1.29, 1.82) is 0 Å². The lowest BCUT2D eigenvalue weighted by Crippen LogP contribution is -2.60. The third-order valence-electron chi connectivity index (χ3n) is 6.23. The SMILES string of the molecule is O=C(O)CN1C(=O)C(Cc2ccccc2)NC12CCN(S(=O)(=O)Cc1ccccc1)CC2. The summed E-state index contributed by atoms with van der Waals surface area (Å²) in [6.07, 6.45) is 1.13. The zero-order valence-electron chi connectivity index (χ0n) is 17.7. The highest BCUT2D eigenvalue weighted by Gasteiger charge is 2.52. The summed E-state index contributed by atoms with van der Waals surface area (Å²) in [5.74, 6) is -1.42. The fourth-order valence-electron chi connectivity index (χ4n) is 4.64. The van der Waals surface area contributed by atoms with Crippen LogP contribution in [0.1, 0.15) is 24.0 Å². The van der Waals surface area contributed by atoms with Crippen molar-refractivity contribution < 1.29 is 23.1 Å². The molecule has 1 spiro atoms. The van der Waals surface area contributed by atoms with E-state index in [9.17, 15) is 23.1 Å². The minimum absolute atomic E-state index is 0.0807. The molecule has 2 N–H and O–H groups in total. The smallest absolute Gasteiger partial charge is 0.323 e. The quantitative estimate of drug-likeness (QED) is 0.652. The molecule has 32 heavy (non-hydrogen) atoms. The van der Waals surface area contributed by atoms with Crippen LogP contribution in [-0.4, -0.2) is 65.9 Å². The molecule has 0 saturated carbocycles. The average molecular weight is 458 g/mol. The zero-order chi connectivity index (χ0) is 22.8. The minimum Gasteiger partial charge on any atom is -0.480 e. The first kappa shape index (κ1) is 22.4. The third-order valence-corrected chi connectivity index (χ3v) is 8.08. The summed E-state index contributed by atoms with van der Waals surface area (Å²) in [4.78, 5) is 26.0. The largest absolute Gasteiger partial charge is 0.480 e. The van der Waals surface area contributed by atoms with Gasteiger partial charge in [0, 0.05) is 13.1 Å². The van der Waals surface area contributed by atoms with E-state index in [0.717, 1.165) is 11.1 Å². The van der Waals surface area contributed by atoms with E-state index in [-0.39, 0.29) is 24.7 Å². The maximum Gasteiger partial charge on any atom is 0.323 e. The number of rotatable bonds is 7. The summed E-state index contributed by atoms with van der Waals surface area (Å²) in [5, 5.41) is 12.8. The number of aliphatic carboxylic acids is 1. The average Bonchev–Trinajstić information content (AvgIpc) is 3.00. The van der Waals surface area contributed by atoms with Gasteiger partial charge in [0.25, 0.3) is 0 Å². The number of carbonyl (C=O) groups is 2. The van der Waals surface area contributed by atoms with Gasteiger partial charge in [-0.3, -0.25) is 14.9 Å². The van der Waals surface area contributed by atoms with Gasteiger partial charge in [-0.25, -0.2) is 12.7 Å². The van der Waals surface area contributed by atoms with E-state index in [1.165, 1.54) is 9.21 Å². The van der Waals surface area contributed by atoms with Gasteiger partial charge in [0.15, 0.2) is 0 Å². The minimum atomic E-state index is -3.51. The molecule has 170 valence electrons. The van der Waals surface area contributed by atoms with Crippen LogP contribution in [0.3, 0.4) is 0 Å². The number of hydrogen-bond acceptors (Lipinski definition) is 5. The Bertz CT molecular complexity index is 1070. The van der Waals surface area contributed by atoms with Gasteiger partial charge < -0.3 is 10.0 Å². The zero-order valence-corrected chi connectivity index (χ0v) is 18.5. The van der Waals surface area contributed by atoms with Crippen molar-refractivity contribution in [2.75, 3.05) is 19.6 Å². The van der Waals surface area contributed by atoms with Crippen LogP contribution < -0.4 is 5.32 Å². The van der Waals surface area contributed by atoms with Crippen LogP contribution in [-0.2, 0) is 31.8 Å². The molecule has 1 unspecified atom stereocenters. The molecule has 2 aliphatic heterocycles. The van der Waals surface area contributed by atoms with Crippen LogP contribution in [0.4, 0.5) is 0 Å². The molecule has 0 aromatic heterocycles. The number of carboxylic acids is 1. The molecule has 1 amide bonds. The Morgan fingerprint density at radius 3 is 2.12 bits per heavy atom. The Kier molecular flexibility index (Phi) is 6.32. The summed E-state index contributed by atoms with van der Waals surface area (Å²) in [6.45, 7) is 0.0428. The van der Waals surface area contributed by atoms with Crippen molar-refractivity contribution in [1.82, 2.24) is 14.5 Å². The van der Waals surface area contributed by atoms with Gasteiger partial charge in [0.05, 0.1) is 17.5 Å². The second-order valence-corrected chi connectivity index (χ2v) is 10.3. The van der Waals surface area contributed by atoms with E-state index in [4.69, 9.17) is 0 Å². The molecule has 9 heteroatoms. The van der Waals surface area contributed by atoms with E-state index in [1.807, 2.05) is 36.4 Å². The van der Waals surface area contributed by atoms with Gasteiger partial charge >= 0.3 is 5.97 Å². The van der Waals surface area contributed by atoms with E-state index < -0.39 is 34.2 Å². The number of nitrogens with zero attached hydrogens (tertiary/aromatic N) is 2. The molecule has 2 heterocycles. The number of nitrogens with one attached hydrogen (secondary N) is 1. The second kappa shape index (κ2) is 9.01. The van der Waals surface area contributed by atoms with Gasteiger partial charge in [-0.05, 0) is 30.4 Å². The fourth-order valence-corrected chi connectivity index (χ4v) is 6.18. The maximum atomic E-state index is 13.1. The van der Waals surface area contributed by atoms with Gasteiger partial charge in [-0.2, -0.15) is 0 Å². The first-order chi connectivity index (χ1) is 15.3. The molecule has 0 aliphatic carbocycles. The molecule has 4 rings (SSSR count). The number of benzene rings is 2. The second-order valence-electron chi connectivity index (χ2n) is 8.38. The molecule has 2 aliphatic rings. The fraction of sp³-hybridized carbons (Fsp3) is 0.391. The van der Waals surface area contributed by atoms with Crippen LogP contribution in [0.25, 0.3) is 0 Å². The summed E-state index contributed by atoms with van der Waals surface area (Å²) in [6, 6.07) is 18.0. The highest BCUT2D eigenvalue weighted by atomic mass is 32.2. The van der Waals surface area contributed by atoms with Gasteiger partial charge in [-0.1, -0.05) is 60.7 Å². The van der Waals surface area contributed by atoms with Crippen molar-refractivity contribution in [3.63, 3.8) is 0 Å². The molecule has 8 nitrogen and oxygen atoms in total. The number of hydrogen-bond donors (Lipinski definition) is 2. The summed E-state index contributed by atoms with van der Waals surface area (Å²) in [7, 11) is -3.51. The first-order valence-corrected chi connectivity index (χ1v) is 12.3. The Balaban J connectivity index is 1.49. The lowest BCUT2D eigenvalue weighted by atomic mass is 9.97. The molecule has 1 atom stereocenters. The normalized spacial score (nSPS) is 21.2. The van der Waals surface area contributed by atoms with Crippen LogP contribution >= 0.6 is 0 Å². The summed E-state index contributed by atoms with van der Waals surface area (Å²) >= 11 is 0. The van der Waals surface area contributed by atoms with Crippen molar-refractivity contribution in [3.8, 4) is 0 Å². The Morgan fingerprint density at radius 2 is 1.56 bits per heavy atom. The lowest BCUT2D eigenvalue weighted by molar-refractivity contribution is -0.147. The van der Waals surface area contributed by atoms with Gasteiger partial charge in [0.2, 0.25) is 15.9 Å². The predicted octanol–water partition coefficient (Wildman–Crippen LogP) is 1.44. The van der Waals surface area contributed by atoms with Crippen molar-refractivity contribution in [2.24, 2.45) is 0 Å². The first-order valence-electron chi connectivity index (χ1n) is 10.7. The Hall–Kier alpha value is -2.75. The molecular formula is C23H27N3O5S. The number of piperidine rings is 1. The lowest BCUT2D eigenvalue weighted by Gasteiger charge is -2.43. The topological polar surface area (TPSA) is 107 Å². The molecular weight excluding hydrogens is 430 g/mol. The standard InChI is InChI=1S/C23H27N3O5S/c27-21(28)16-26-22(29)20(15-18-7-3-1-4-8-18)24-23(26)11-13-25(14-12-23)32(30,31)17-19-9-5-2-6-10-19/h1-10,20,24H,11-17H2,(H,27,28). The van der Waals surface area contributed by atoms with Crippen LogP contribution in [0, 0.1) is 0 Å². The molecule has 0 bridgehead atoms. The van der Waals surface area contributed by atoms with Gasteiger partial charge in [0.1, 0.15) is 6.54 Å². The number of amides is 1. The summed E-state index contributed by atoms with van der Waals surface area (Å²) in [5.41, 5.74) is 0.846. The summed E-state index contributed by atoms with van der Waals surface area (Å²) < 4.78 is 27.3. The molecule has 0 radical (unpaired) electrons. The Labute approximate surface area is 187 Å². The van der Waals surface area contributed by atoms with Crippen molar-refractivity contribution in [3.05, 3.63) is 71.8 Å². The number of sulfonamides is 1. The number of carbonyl (C=O) groups excluding carboxylic acids is 1. The highest BCUT2D eigenvalue weighted by molar-refractivity contribution is 7.88. The maximum absolute atomic E-state index is 13.1. The van der Waals surface area contributed by atoms with Crippen LogP contribution in [0.15, 0.2) is 60.7 Å². The van der Waals surface area contributed by atoms with Crippen molar-refractivity contribution >= 4 is 21.9 Å².